The van der Waals surface area contributed by atoms with Gasteiger partial charge in [0, 0.05) is 27.0 Å². The monoisotopic (exact) mass is 246 g/mol. The topological polar surface area (TPSA) is 28.7 Å². The zero-order chi connectivity index (χ0) is 9.54. The fraction of sp³-hybridized carbons (Fsp3) is 0. The predicted octanol–water partition coefficient (Wildman–Crippen LogP) is 3.48. The molecule has 14 heavy (non-hydrogen) atoms. The maximum atomic E-state index is 4.32. The number of hydrogen-bond acceptors (Lipinski definition) is 1. The Morgan fingerprint density at radius 1 is 1.14 bits per heavy atom. The van der Waals surface area contributed by atoms with Crippen molar-refractivity contribution in [1.82, 2.24) is 9.97 Å². The molecule has 1 N–H and O–H groups in total. The van der Waals surface area contributed by atoms with Crippen LogP contribution in [0.4, 0.5) is 0 Å². The molecule has 0 aliphatic carbocycles. The molecule has 3 rings (SSSR count). The number of benzene rings is 1. The highest BCUT2D eigenvalue weighted by Crippen LogP contribution is 2.25. The van der Waals surface area contributed by atoms with E-state index >= 15 is 0 Å². The number of hydrogen-bond donors (Lipinski definition) is 1. The third kappa shape index (κ3) is 1.06. The van der Waals surface area contributed by atoms with E-state index < -0.39 is 0 Å². The van der Waals surface area contributed by atoms with Crippen LogP contribution < -0.4 is 0 Å². The van der Waals surface area contributed by atoms with E-state index in [1.165, 1.54) is 5.39 Å². The van der Waals surface area contributed by atoms with Gasteiger partial charge in [0.1, 0.15) is 5.65 Å². The number of aromatic nitrogens is 2. The number of pyridine rings is 1. The molecule has 0 unspecified atom stereocenters. The van der Waals surface area contributed by atoms with Crippen LogP contribution in [0, 0.1) is 0 Å². The highest BCUT2D eigenvalue weighted by molar-refractivity contribution is 9.10. The zero-order valence-corrected chi connectivity index (χ0v) is 8.88. The molecule has 68 valence electrons. The molecule has 0 aliphatic rings. The summed E-state index contributed by atoms with van der Waals surface area (Å²) in [4.78, 5) is 7.59. The van der Waals surface area contributed by atoms with E-state index in [4.69, 9.17) is 0 Å². The normalized spacial score (nSPS) is 11.2. The summed E-state index contributed by atoms with van der Waals surface area (Å²) in [6.45, 7) is 0. The van der Waals surface area contributed by atoms with Gasteiger partial charge in [-0.25, -0.2) is 4.98 Å². The van der Waals surface area contributed by atoms with E-state index in [0.717, 1.165) is 21.0 Å². The minimum absolute atomic E-state index is 0.939. The molecular formula is C11H7BrN2. The Balaban J connectivity index is 2.58. The molecule has 0 saturated heterocycles. The van der Waals surface area contributed by atoms with Gasteiger partial charge in [0.15, 0.2) is 0 Å². The van der Waals surface area contributed by atoms with Crippen molar-refractivity contribution in [3.63, 3.8) is 0 Å². The van der Waals surface area contributed by atoms with Gasteiger partial charge in [0.25, 0.3) is 0 Å². The number of nitrogens with zero attached hydrogens (tertiary/aromatic N) is 1. The van der Waals surface area contributed by atoms with Crippen LogP contribution in [0.2, 0.25) is 0 Å². The van der Waals surface area contributed by atoms with E-state index in [1.54, 1.807) is 6.20 Å². The molecule has 0 aliphatic heterocycles. The number of nitrogens with one attached hydrogen (secondary N) is 1. The number of aromatic amines is 1. The molecule has 0 saturated carbocycles. The Labute approximate surface area is 89.1 Å². The van der Waals surface area contributed by atoms with Crippen molar-refractivity contribution in [1.29, 1.82) is 0 Å². The number of rotatable bonds is 0. The Kier molecular flexibility index (Phi) is 1.61. The Morgan fingerprint density at radius 3 is 2.93 bits per heavy atom. The SMILES string of the molecule is Brc1cnc2[nH]c3ccccc3c2c1. The van der Waals surface area contributed by atoms with Crippen molar-refractivity contribution >= 4 is 37.9 Å². The van der Waals surface area contributed by atoms with E-state index in [1.807, 2.05) is 12.1 Å². The number of halogens is 1. The maximum Gasteiger partial charge on any atom is 0.138 e. The van der Waals surface area contributed by atoms with Gasteiger partial charge in [-0.05, 0) is 28.1 Å². The summed E-state index contributed by atoms with van der Waals surface area (Å²) in [7, 11) is 0. The number of H-pyrrole nitrogens is 1. The molecule has 3 heteroatoms. The molecule has 3 aromatic rings. The van der Waals surface area contributed by atoms with Gasteiger partial charge >= 0.3 is 0 Å². The standard InChI is InChI=1S/C11H7BrN2/c12-7-5-9-8-3-1-2-4-10(8)14-11(9)13-6-7/h1-6H,(H,13,14). The first kappa shape index (κ1) is 8.00. The second kappa shape index (κ2) is 2.82. The largest absolute Gasteiger partial charge is 0.339 e. The second-order valence-electron chi connectivity index (χ2n) is 3.22. The summed E-state index contributed by atoms with van der Waals surface area (Å²) in [5.74, 6) is 0. The molecule has 2 heterocycles. The molecule has 0 amide bonds. The molecule has 2 nitrogen and oxygen atoms in total. The van der Waals surface area contributed by atoms with Crippen LogP contribution in [0.15, 0.2) is 41.0 Å². The van der Waals surface area contributed by atoms with E-state index in [-0.39, 0.29) is 0 Å². The first-order chi connectivity index (χ1) is 6.84. The van der Waals surface area contributed by atoms with E-state index in [0.29, 0.717) is 0 Å². The van der Waals surface area contributed by atoms with Crippen molar-refractivity contribution in [2.24, 2.45) is 0 Å². The summed E-state index contributed by atoms with van der Waals surface area (Å²) in [6, 6.07) is 10.3. The third-order valence-electron chi connectivity index (χ3n) is 2.32. The third-order valence-corrected chi connectivity index (χ3v) is 2.76. The number of fused-ring (bicyclic) bond motifs is 3. The quantitative estimate of drug-likeness (QED) is 0.647. The van der Waals surface area contributed by atoms with E-state index in [2.05, 4.69) is 44.1 Å². The highest BCUT2D eigenvalue weighted by Gasteiger charge is 2.03. The summed E-state index contributed by atoms with van der Waals surface area (Å²) < 4.78 is 1.01. The predicted molar refractivity (Wildman–Crippen MR) is 61.3 cm³/mol. The van der Waals surface area contributed by atoms with E-state index in [9.17, 15) is 0 Å². The van der Waals surface area contributed by atoms with Gasteiger partial charge in [-0.1, -0.05) is 18.2 Å². The fourth-order valence-electron chi connectivity index (χ4n) is 1.70. The highest BCUT2D eigenvalue weighted by atomic mass is 79.9. The van der Waals surface area contributed by atoms with Crippen molar-refractivity contribution in [3.05, 3.63) is 41.0 Å². The summed E-state index contributed by atoms with van der Waals surface area (Å²) >= 11 is 3.43. The van der Waals surface area contributed by atoms with Gasteiger partial charge in [-0.2, -0.15) is 0 Å². The van der Waals surface area contributed by atoms with Crippen LogP contribution in [-0.4, -0.2) is 9.97 Å². The van der Waals surface area contributed by atoms with Crippen molar-refractivity contribution < 1.29 is 0 Å². The Morgan fingerprint density at radius 2 is 2.00 bits per heavy atom. The lowest BCUT2D eigenvalue weighted by molar-refractivity contribution is 1.33. The van der Waals surface area contributed by atoms with Crippen LogP contribution in [0.5, 0.6) is 0 Å². The van der Waals surface area contributed by atoms with Crippen LogP contribution in [0.25, 0.3) is 21.9 Å². The van der Waals surface area contributed by atoms with Gasteiger partial charge in [-0.15, -0.1) is 0 Å². The minimum atomic E-state index is 0.939. The van der Waals surface area contributed by atoms with Gasteiger partial charge in [0.2, 0.25) is 0 Å². The lowest BCUT2D eigenvalue weighted by Gasteiger charge is -1.90. The minimum Gasteiger partial charge on any atom is -0.339 e. The van der Waals surface area contributed by atoms with Gasteiger partial charge < -0.3 is 4.98 Å². The first-order valence-corrected chi connectivity index (χ1v) is 5.16. The molecule has 2 aromatic heterocycles. The molecule has 0 spiro atoms. The average Bonchev–Trinajstić information content (AvgIpc) is 2.56. The van der Waals surface area contributed by atoms with Gasteiger partial charge in [0.05, 0.1) is 0 Å². The maximum absolute atomic E-state index is 4.32. The van der Waals surface area contributed by atoms with Crippen LogP contribution in [0.1, 0.15) is 0 Å². The molecule has 0 radical (unpaired) electrons. The molecule has 0 bridgehead atoms. The molecule has 0 atom stereocenters. The zero-order valence-electron chi connectivity index (χ0n) is 7.29. The lowest BCUT2D eigenvalue weighted by Crippen LogP contribution is -1.74. The smallest absolute Gasteiger partial charge is 0.138 e. The molecular weight excluding hydrogens is 240 g/mol. The van der Waals surface area contributed by atoms with Crippen LogP contribution in [-0.2, 0) is 0 Å². The van der Waals surface area contributed by atoms with Gasteiger partial charge in [-0.3, -0.25) is 0 Å². The van der Waals surface area contributed by atoms with Crippen molar-refractivity contribution in [3.8, 4) is 0 Å². The second-order valence-corrected chi connectivity index (χ2v) is 4.14. The van der Waals surface area contributed by atoms with Crippen LogP contribution >= 0.6 is 15.9 Å². The molecule has 0 fully saturated rings. The first-order valence-electron chi connectivity index (χ1n) is 4.36. The summed E-state index contributed by atoms with van der Waals surface area (Å²) in [6.07, 6.45) is 1.80. The number of para-hydroxylation sites is 1. The van der Waals surface area contributed by atoms with Crippen molar-refractivity contribution in [2.45, 2.75) is 0 Å². The average molecular weight is 247 g/mol. The van der Waals surface area contributed by atoms with Crippen LogP contribution in [0.3, 0.4) is 0 Å². The van der Waals surface area contributed by atoms with Crippen molar-refractivity contribution in [2.75, 3.05) is 0 Å². The summed E-state index contributed by atoms with van der Waals surface area (Å²) in [5.41, 5.74) is 2.07. The Bertz CT molecular complexity index is 613. The fourth-order valence-corrected chi connectivity index (χ4v) is 2.03. The lowest BCUT2D eigenvalue weighted by atomic mass is 10.2. The summed E-state index contributed by atoms with van der Waals surface area (Å²) in [5, 5.41) is 2.38. The molecule has 1 aromatic carbocycles. The Hall–Kier alpha value is -1.35.